The van der Waals surface area contributed by atoms with Gasteiger partial charge in [0.05, 0.1) is 22.4 Å². The standard InChI is InChI=1S/C14H16Br2ClN3/c1-3-18-13(10-6-5-9(15)7-12(10)17)14-11(16)8-19-20(14)4-2/h5-8,13,18H,3-4H2,1-2H3. The average molecular weight is 422 g/mol. The molecular weight excluding hydrogens is 405 g/mol. The second-order valence-corrected chi connectivity index (χ2v) is 6.53. The van der Waals surface area contributed by atoms with Crippen LogP contribution in [0.4, 0.5) is 0 Å². The van der Waals surface area contributed by atoms with Gasteiger partial charge in [-0.15, -0.1) is 0 Å². The third-order valence-corrected chi connectivity index (χ3v) is 4.52. The number of aromatic nitrogens is 2. The molecule has 0 saturated heterocycles. The van der Waals surface area contributed by atoms with Gasteiger partial charge in [0.15, 0.2) is 0 Å². The van der Waals surface area contributed by atoms with Gasteiger partial charge in [-0.2, -0.15) is 5.10 Å². The summed E-state index contributed by atoms with van der Waals surface area (Å²) in [6.07, 6.45) is 1.83. The minimum atomic E-state index is 0.0115. The van der Waals surface area contributed by atoms with Crippen LogP contribution in [0, 0.1) is 0 Å². The molecule has 0 bridgehead atoms. The summed E-state index contributed by atoms with van der Waals surface area (Å²) in [5.74, 6) is 0. The Balaban J connectivity index is 2.53. The zero-order valence-corrected chi connectivity index (χ0v) is 15.3. The minimum Gasteiger partial charge on any atom is -0.305 e. The molecule has 2 rings (SSSR count). The SMILES string of the molecule is CCNC(c1ccc(Br)cc1Cl)c1c(Br)cnn1CC. The van der Waals surface area contributed by atoms with Crippen LogP contribution in [-0.2, 0) is 6.54 Å². The molecule has 0 aliphatic carbocycles. The van der Waals surface area contributed by atoms with Crippen molar-refractivity contribution < 1.29 is 0 Å². The van der Waals surface area contributed by atoms with Gasteiger partial charge in [0, 0.05) is 16.0 Å². The molecule has 108 valence electrons. The first-order valence-electron chi connectivity index (χ1n) is 6.48. The first-order valence-corrected chi connectivity index (χ1v) is 8.44. The van der Waals surface area contributed by atoms with Gasteiger partial charge in [0.1, 0.15) is 0 Å². The Morgan fingerprint density at radius 3 is 2.70 bits per heavy atom. The Labute approximate surface area is 141 Å². The summed E-state index contributed by atoms with van der Waals surface area (Å²) in [6.45, 7) is 5.82. The van der Waals surface area contributed by atoms with Crippen molar-refractivity contribution in [2.75, 3.05) is 6.54 Å². The maximum atomic E-state index is 6.41. The van der Waals surface area contributed by atoms with Crippen molar-refractivity contribution in [3.05, 3.63) is 49.6 Å². The monoisotopic (exact) mass is 419 g/mol. The molecule has 1 aromatic carbocycles. The van der Waals surface area contributed by atoms with Gasteiger partial charge >= 0.3 is 0 Å². The van der Waals surface area contributed by atoms with E-state index in [1.54, 1.807) is 0 Å². The average Bonchev–Trinajstić information content (AvgIpc) is 2.78. The summed E-state index contributed by atoms with van der Waals surface area (Å²) in [4.78, 5) is 0. The van der Waals surface area contributed by atoms with Gasteiger partial charge in [-0.1, -0.05) is 40.5 Å². The summed E-state index contributed by atoms with van der Waals surface area (Å²) >= 11 is 13.4. The predicted molar refractivity (Wildman–Crippen MR) is 90.3 cm³/mol. The number of aryl methyl sites for hydroxylation is 1. The highest BCUT2D eigenvalue weighted by atomic mass is 79.9. The predicted octanol–water partition coefficient (Wildman–Crippen LogP) is 4.78. The quantitative estimate of drug-likeness (QED) is 0.753. The number of hydrogen-bond acceptors (Lipinski definition) is 2. The number of benzene rings is 1. The molecule has 0 amide bonds. The molecule has 0 spiro atoms. The van der Waals surface area contributed by atoms with Gasteiger partial charge in [0.2, 0.25) is 0 Å². The van der Waals surface area contributed by atoms with Gasteiger partial charge in [-0.25, -0.2) is 0 Å². The van der Waals surface area contributed by atoms with Gasteiger partial charge in [-0.05, 0) is 47.1 Å². The molecule has 1 heterocycles. The van der Waals surface area contributed by atoms with Crippen molar-refractivity contribution in [1.82, 2.24) is 15.1 Å². The second kappa shape index (κ2) is 7.07. The summed E-state index contributed by atoms with van der Waals surface area (Å²) in [5.41, 5.74) is 2.14. The number of rotatable bonds is 5. The molecule has 6 heteroatoms. The molecule has 0 aliphatic heterocycles. The van der Waals surface area contributed by atoms with Crippen LogP contribution < -0.4 is 5.32 Å². The first-order chi connectivity index (χ1) is 9.58. The summed E-state index contributed by atoms with van der Waals surface area (Å²) in [6, 6.07) is 5.98. The van der Waals surface area contributed by atoms with Crippen LogP contribution in [0.25, 0.3) is 0 Å². The van der Waals surface area contributed by atoms with Crippen LogP contribution in [-0.4, -0.2) is 16.3 Å². The maximum Gasteiger partial charge on any atom is 0.0774 e. The smallest absolute Gasteiger partial charge is 0.0774 e. The van der Waals surface area contributed by atoms with Crippen LogP contribution in [0.1, 0.15) is 31.1 Å². The molecule has 0 fully saturated rings. The van der Waals surface area contributed by atoms with E-state index in [0.29, 0.717) is 0 Å². The molecule has 0 aliphatic rings. The Hall–Kier alpha value is -0.360. The molecule has 1 N–H and O–H groups in total. The summed E-state index contributed by atoms with van der Waals surface area (Å²) in [7, 11) is 0. The van der Waals surface area contributed by atoms with Crippen LogP contribution in [0.15, 0.2) is 33.3 Å². The van der Waals surface area contributed by atoms with Crippen molar-refractivity contribution in [1.29, 1.82) is 0 Å². The van der Waals surface area contributed by atoms with E-state index in [-0.39, 0.29) is 6.04 Å². The third kappa shape index (κ3) is 3.27. The fourth-order valence-corrected chi connectivity index (χ4v) is 3.51. The third-order valence-electron chi connectivity index (χ3n) is 3.09. The van der Waals surface area contributed by atoms with E-state index in [1.807, 2.05) is 29.1 Å². The van der Waals surface area contributed by atoms with Crippen molar-refractivity contribution in [3.8, 4) is 0 Å². The normalized spacial score (nSPS) is 12.7. The van der Waals surface area contributed by atoms with Crippen LogP contribution in [0.2, 0.25) is 5.02 Å². The highest BCUT2D eigenvalue weighted by molar-refractivity contribution is 9.10. The lowest BCUT2D eigenvalue weighted by Crippen LogP contribution is -2.25. The molecule has 2 aromatic rings. The number of hydrogen-bond donors (Lipinski definition) is 1. The van der Waals surface area contributed by atoms with Crippen molar-refractivity contribution in [2.45, 2.75) is 26.4 Å². The number of nitrogens with zero attached hydrogens (tertiary/aromatic N) is 2. The molecule has 3 nitrogen and oxygen atoms in total. The highest BCUT2D eigenvalue weighted by Crippen LogP contribution is 2.33. The van der Waals surface area contributed by atoms with Gasteiger partial charge in [0.25, 0.3) is 0 Å². The van der Waals surface area contributed by atoms with E-state index in [1.165, 1.54) is 0 Å². The molecule has 1 atom stereocenters. The number of nitrogens with one attached hydrogen (secondary N) is 1. The molecule has 0 saturated carbocycles. The second-order valence-electron chi connectivity index (χ2n) is 4.35. The molecule has 0 radical (unpaired) electrons. The fraction of sp³-hybridized carbons (Fsp3) is 0.357. The Morgan fingerprint density at radius 2 is 2.10 bits per heavy atom. The van der Waals surface area contributed by atoms with Crippen molar-refractivity contribution in [3.63, 3.8) is 0 Å². The Morgan fingerprint density at radius 1 is 1.35 bits per heavy atom. The van der Waals surface area contributed by atoms with E-state index in [0.717, 1.165) is 38.3 Å². The number of halogens is 3. The first kappa shape index (κ1) is 16.0. The summed E-state index contributed by atoms with van der Waals surface area (Å²) < 4.78 is 3.95. The van der Waals surface area contributed by atoms with Gasteiger partial charge in [-0.3, -0.25) is 4.68 Å². The highest BCUT2D eigenvalue weighted by Gasteiger charge is 2.22. The maximum absolute atomic E-state index is 6.41. The fourth-order valence-electron chi connectivity index (χ4n) is 2.20. The molecule has 20 heavy (non-hydrogen) atoms. The van der Waals surface area contributed by atoms with E-state index >= 15 is 0 Å². The molecule has 1 aromatic heterocycles. The minimum absolute atomic E-state index is 0.0115. The van der Waals surface area contributed by atoms with E-state index in [9.17, 15) is 0 Å². The lowest BCUT2D eigenvalue weighted by molar-refractivity contribution is 0.541. The van der Waals surface area contributed by atoms with E-state index < -0.39 is 0 Å². The lowest BCUT2D eigenvalue weighted by Gasteiger charge is -2.21. The lowest BCUT2D eigenvalue weighted by atomic mass is 10.0. The van der Waals surface area contributed by atoms with Gasteiger partial charge < -0.3 is 5.32 Å². The molecular formula is C14H16Br2ClN3. The van der Waals surface area contributed by atoms with Crippen LogP contribution >= 0.6 is 43.5 Å². The zero-order chi connectivity index (χ0) is 14.7. The Bertz CT molecular complexity index is 598. The summed E-state index contributed by atoms with van der Waals surface area (Å²) in [5, 5.41) is 8.61. The van der Waals surface area contributed by atoms with E-state index in [2.05, 4.69) is 56.1 Å². The van der Waals surface area contributed by atoms with Crippen molar-refractivity contribution in [2.24, 2.45) is 0 Å². The van der Waals surface area contributed by atoms with Crippen molar-refractivity contribution >= 4 is 43.5 Å². The topological polar surface area (TPSA) is 29.9 Å². The largest absolute Gasteiger partial charge is 0.305 e. The van der Waals surface area contributed by atoms with Crippen LogP contribution in [0.3, 0.4) is 0 Å². The Kier molecular flexibility index (Phi) is 5.66. The molecule has 1 unspecified atom stereocenters. The van der Waals surface area contributed by atoms with Crippen LogP contribution in [0.5, 0.6) is 0 Å². The van der Waals surface area contributed by atoms with E-state index in [4.69, 9.17) is 11.6 Å². The zero-order valence-electron chi connectivity index (χ0n) is 11.3.